The van der Waals surface area contributed by atoms with Crippen molar-refractivity contribution in [2.45, 2.75) is 31.1 Å². The first-order chi connectivity index (χ1) is 12.8. The number of hydrogen-bond acceptors (Lipinski definition) is 5. The number of nitrogens with zero attached hydrogens (tertiary/aromatic N) is 3. The van der Waals surface area contributed by atoms with Crippen molar-refractivity contribution in [3.05, 3.63) is 60.2 Å². The number of halogens is 4. The van der Waals surface area contributed by atoms with Gasteiger partial charge in [0.25, 0.3) is 0 Å². The molecule has 0 spiro atoms. The molecular formula is C18H17BrF3N3O2. The van der Waals surface area contributed by atoms with Crippen LogP contribution in [0.15, 0.2) is 59.6 Å². The van der Waals surface area contributed by atoms with Crippen LogP contribution in [0.2, 0.25) is 0 Å². The molecule has 1 atom stereocenters. The van der Waals surface area contributed by atoms with E-state index in [0.717, 1.165) is 12.1 Å². The van der Waals surface area contributed by atoms with Crippen LogP contribution in [-0.4, -0.2) is 27.3 Å². The van der Waals surface area contributed by atoms with Crippen LogP contribution in [0.3, 0.4) is 0 Å². The maximum atomic E-state index is 12.9. The number of hydrazine groups is 1. The van der Waals surface area contributed by atoms with E-state index in [4.69, 9.17) is 9.57 Å². The summed E-state index contributed by atoms with van der Waals surface area (Å²) in [6.07, 6.45) is -4.45. The quantitative estimate of drug-likeness (QED) is 0.489. The predicted molar refractivity (Wildman–Crippen MR) is 98.1 cm³/mol. The summed E-state index contributed by atoms with van der Waals surface area (Å²) in [5, 5.41) is 2.48. The second-order valence-electron chi connectivity index (χ2n) is 6.00. The molecule has 0 saturated heterocycles. The van der Waals surface area contributed by atoms with E-state index < -0.39 is 16.8 Å². The zero-order valence-electron chi connectivity index (χ0n) is 14.5. The van der Waals surface area contributed by atoms with Gasteiger partial charge in [-0.2, -0.15) is 18.2 Å². The molecule has 0 bridgehead atoms. The third-order valence-electron chi connectivity index (χ3n) is 3.61. The molecule has 0 radical (unpaired) electrons. The Morgan fingerprint density at radius 3 is 2.33 bits per heavy atom. The smallest absolute Gasteiger partial charge is 0.416 e. The standard InChI is InChI=1S/C18H17BrF3N3O2/c1-12(2)24-17(26-15-10-6-7-13(11-15)18(20,21)22)23-16(19)25(24)27-14-8-4-3-5-9-14/h3-12,16H,1-2H3. The largest absolute Gasteiger partial charge is 0.425 e. The molecule has 1 aliphatic rings. The van der Waals surface area contributed by atoms with Crippen LogP contribution in [0.5, 0.6) is 11.5 Å². The number of amidine groups is 1. The Hall–Kier alpha value is -2.26. The molecule has 0 aromatic heterocycles. The average Bonchev–Trinajstić information content (AvgIpc) is 2.90. The second kappa shape index (κ2) is 7.77. The Labute approximate surface area is 163 Å². The van der Waals surface area contributed by atoms with E-state index >= 15 is 0 Å². The fourth-order valence-electron chi connectivity index (χ4n) is 2.43. The van der Waals surface area contributed by atoms with Crippen molar-refractivity contribution in [1.29, 1.82) is 0 Å². The lowest BCUT2D eigenvalue weighted by molar-refractivity contribution is -0.193. The van der Waals surface area contributed by atoms with Gasteiger partial charge in [-0.25, -0.2) is 5.01 Å². The molecule has 1 heterocycles. The van der Waals surface area contributed by atoms with E-state index in [0.29, 0.717) is 5.75 Å². The number of hydrogen-bond donors (Lipinski definition) is 0. The lowest BCUT2D eigenvalue weighted by Gasteiger charge is -2.32. The normalized spacial score (nSPS) is 18.0. The molecule has 2 aromatic carbocycles. The van der Waals surface area contributed by atoms with Gasteiger partial charge in [0.05, 0.1) is 5.56 Å². The Kier molecular flexibility index (Phi) is 5.61. The van der Waals surface area contributed by atoms with Crippen molar-refractivity contribution >= 4 is 22.0 Å². The molecule has 1 unspecified atom stereocenters. The van der Waals surface area contributed by atoms with E-state index in [1.165, 1.54) is 17.3 Å². The van der Waals surface area contributed by atoms with Gasteiger partial charge in [0.2, 0.25) is 5.08 Å². The lowest BCUT2D eigenvalue weighted by Crippen LogP contribution is -2.50. The first-order valence-electron chi connectivity index (χ1n) is 8.14. The van der Waals surface area contributed by atoms with E-state index in [-0.39, 0.29) is 17.8 Å². The van der Waals surface area contributed by atoms with Crippen molar-refractivity contribution < 1.29 is 22.7 Å². The summed E-state index contributed by atoms with van der Waals surface area (Å²) in [6.45, 7) is 3.77. The predicted octanol–water partition coefficient (Wildman–Crippen LogP) is 5.05. The Morgan fingerprint density at radius 2 is 1.70 bits per heavy atom. The molecule has 3 rings (SSSR count). The van der Waals surface area contributed by atoms with Crippen molar-refractivity contribution in [1.82, 2.24) is 10.2 Å². The van der Waals surface area contributed by atoms with E-state index in [2.05, 4.69) is 20.9 Å². The number of alkyl halides is 4. The summed E-state index contributed by atoms with van der Waals surface area (Å²) in [4.78, 5) is 10.2. The Balaban J connectivity index is 1.82. The van der Waals surface area contributed by atoms with Gasteiger partial charge in [-0.15, -0.1) is 0 Å². The van der Waals surface area contributed by atoms with Gasteiger partial charge in [0, 0.05) is 6.04 Å². The third-order valence-corrected chi connectivity index (χ3v) is 4.16. The minimum atomic E-state index is -4.45. The molecular weight excluding hydrogens is 427 g/mol. The van der Waals surface area contributed by atoms with Gasteiger partial charge in [0.1, 0.15) is 11.5 Å². The van der Waals surface area contributed by atoms with Crippen LogP contribution in [0.25, 0.3) is 0 Å². The molecule has 0 saturated carbocycles. The molecule has 0 amide bonds. The minimum Gasteiger partial charge on any atom is -0.425 e. The van der Waals surface area contributed by atoms with Crippen LogP contribution >= 0.6 is 15.9 Å². The molecule has 0 fully saturated rings. The van der Waals surface area contributed by atoms with Gasteiger partial charge in [0.15, 0.2) is 0 Å². The number of benzene rings is 2. The summed E-state index contributed by atoms with van der Waals surface area (Å²) in [5.41, 5.74) is -0.789. The highest BCUT2D eigenvalue weighted by Gasteiger charge is 2.38. The second-order valence-corrected chi connectivity index (χ2v) is 6.81. The van der Waals surface area contributed by atoms with Gasteiger partial charge >= 0.3 is 12.2 Å². The summed E-state index contributed by atoms with van der Waals surface area (Å²) >= 11 is 3.38. The van der Waals surface area contributed by atoms with Crippen LogP contribution in [-0.2, 0) is 6.18 Å². The number of hydroxylamine groups is 1. The van der Waals surface area contributed by atoms with Crippen molar-refractivity contribution in [3.8, 4) is 11.5 Å². The zero-order valence-corrected chi connectivity index (χ0v) is 16.1. The molecule has 9 heteroatoms. The fraction of sp³-hybridized carbons (Fsp3) is 0.278. The monoisotopic (exact) mass is 443 g/mol. The summed E-state index contributed by atoms with van der Waals surface area (Å²) < 4.78 is 44.4. The van der Waals surface area contributed by atoms with Crippen molar-refractivity contribution in [2.24, 2.45) is 4.99 Å². The van der Waals surface area contributed by atoms with Crippen molar-refractivity contribution in [2.75, 3.05) is 0 Å². The molecule has 0 aliphatic carbocycles. The third kappa shape index (κ3) is 4.54. The van der Waals surface area contributed by atoms with Crippen LogP contribution in [0, 0.1) is 0 Å². The molecule has 2 aromatic rings. The molecule has 5 nitrogen and oxygen atoms in total. The highest BCUT2D eigenvalue weighted by molar-refractivity contribution is 9.09. The summed E-state index contributed by atoms with van der Waals surface area (Å²) in [6, 6.07) is 13.7. The maximum absolute atomic E-state index is 12.9. The average molecular weight is 444 g/mol. The van der Waals surface area contributed by atoms with E-state index in [9.17, 15) is 13.2 Å². The summed E-state index contributed by atoms with van der Waals surface area (Å²) in [7, 11) is 0. The lowest BCUT2D eigenvalue weighted by atomic mass is 10.2. The highest BCUT2D eigenvalue weighted by Crippen LogP contribution is 2.32. The van der Waals surface area contributed by atoms with Crippen LogP contribution in [0.1, 0.15) is 19.4 Å². The van der Waals surface area contributed by atoms with Gasteiger partial charge in [-0.3, -0.25) is 0 Å². The first-order valence-corrected chi connectivity index (χ1v) is 9.05. The summed E-state index contributed by atoms with van der Waals surface area (Å²) in [5.74, 6) is 0.624. The maximum Gasteiger partial charge on any atom is 0.416 e. The fourth-order valence-corrected chi connectivity index (χ4v) is 2.88. The van der Waals surface area contributed by atoms with Crippen molar-refractivity contribution in [3.63, 3.8) is 0 Å². The first kappa shape index (κ1) is 19.5. The van der Waals surface area contributed by atoms with E-state index in [1.807, 2.05) is 32.0 Å². The van der Waals surface area contributed by atoms with E-state index in [1.54, 1.807) is 17.1 Å². The Morgan fingerprint density at radius 1 is 1.04 bits per heavy atom. The molecule has 27 heavy (non-hydrogen) atoms. The molecule has 1 aliphatic heterocycles. The van der Waals surface area contributed by atoms with Gasteiger partial charge < -0.3 is 9.57 Å². The SMILES string of the molecule is CC(C)N1C(Oc2cccc(C(F)(F)F)c2)=NC(Br)N1Oc1ccccc1. The molecule has 144 valence electrons. The van der Waals surface area contributed by atoms with Crippen LogP contribution < -0.4 is 9.57 Å². The van der Waals surface area contributed by atoms with Crippen LogP contribution in [0.4, 0.5) is 13.2 Å². The number of rotatable bonds is 4. The number of para-hydroxylation sites is 1. The van der Waals surface area contributed by atoms with Gasteiger partial charge in [-0.05, 0) is 65.3 Å². The minimum absolute atomic E-state index is 0.0375. The zero-order chi connectivity index (χ0) is 19.6. The Bertz CT molecular complexity index is 815. The topological polar surface area (TPSA) is 37.3 Å². The number of aliphatic imine (C=N–C) groups is 1. The highest BCUT2D eigenvalue weighted by atomic mass is 79.9. The molecule has 0 N–H and O–H groups in total. The number of ether oxygens (including phenoxy) is 1. The van der Waals surface area contributed by atoms with Gasteiger partial charge in [-0.1, -0.05) is 24.3 Å².